The van der Waals surface area contributed by atoms with Crippen LogP contribution in [0.25, 0.3) is 22.7 Å². The summed E-state index contributed by atoms with van der Waals surface area (Å²) in [6, 6.07) is 8.97. The first-order chi connectivity index (χ1) is 14.7. The molecule has 1 saturated carbocycles. The van der Waals surface area contributed by atoms with E-state index >= 15 is 0 Å². The third kappa shape index (κ3) is 3.50. The van der Waals surface area contributed by atoms with E-state index in [0.717, 1.165) is 18.4 Å². The molecule has 4 aromatic rings. The van der Waals surface area contributed by atoms with Crippen LogP contribution in [0.2, 0.25) is 0 Å². The molecule has 1 fully saturated rings. The third-order valence-electron chi connectivity index (χ3n) is 5.25. The summed E-state index contributed by atoms with van der Waals surface area (Å²) in [5.41, 5.74) is 2.53. The molecule has 0 aliphatic heterocycles. The summed E-state index contributed by atoms with van der Waals surface area (Å²) >= 11 is 0. The van der Waals surface area contributed by atoms with Crippen molar-refractivity contribution in [2.45, 2.75) is 31.4 Å². The standard InChI is InChI=1S/C21H20N6O3/c28-15-5-4-14(9-15)27-12-17(20(26-27)16-3-1-2-8-22-16)25-21(29)19-7-6-18(30-19)13-10-23-24-11-13/h1-3,6-8,10-12,14-15,28H,4-5,9H2,(H,23,24)(H,25,29)/t14?,15-/m1/s1. The Labute approximate surface area is 171 Å². The van der Waals surface area contributed by atoms with Crippen LogP contribution in [-0.2, 0) is 0 Å². The van der Waals surface area contributed by atoms with Crippen molar-refractivity contribution in [1.29, 1.82) is 0 Å². The first-order valence-corrected chi connectivity index (χ1v) is 9.76. The van der Waals surface area contributed by atoms with Gasteiger partial charge in [0.25, 0.3) is 5.91 Å². The van der Waals surface area contributed by atoms with Crippen LogP contribution < -0.4 is 5.32 Å². The molecule has 0 spiro atoms. The minimum atomic E-state index is -0.382. The predicted octanol–water partition coefficient (Wildman–Crippen LogP) is 3.27. The normalized spacial score (nSPS) is 18.6. The third-order valence-corrected chi connectivity index (χ3v) is 5.25. The molecule has 5 rings (SSSR count). The van der Waals surface area contributed by atoms with Crippen molar-refractivity contribution in [2.24, 2.45) is 0 Å². The molecule has 4 aromatic heterocycles. The number of nitrogens with one attached hydrogen (secondary N) is 2. The van der Waals surface area contributed by atoms with Crippen molar-refractivity contribution in [3.8, 4) is 22.7 Å². The van der Waals surface area contributed by atoms with Gasteiger partial charge in [0.05, 0.1) is 35.3 Å². The second-order valence-corrected chi connectivity index (χ2v) is 7.31. The zero-order valence-electron chi connectivity index (χ0n) is 16.0. The molecule has 1 unspecified atom stereocenters. The maximum absolute atomic E-state index is 12.8. The number of aromatic amines is 1. The number of nitrogens with zero attached hydrogens (tertiary/aromatic N) is 4. The van der Waals surface area contributed by atoms with Crippen LogP contribution in [0.3, 0.4) is 0 Å². The van der Waals surface area contributed by atoms with Gasteiger partial charge in [0.15, 0.2) is 5.76 Å². The number of furan rings is 1. The Bertz CT molecular complexity index is 1150. The zero-order valence-corrected chi connectivity index (χ0v) is 16.0. The Balaban J connectivity index is 1.44. The lowest BCUT2D eigenvalue weighted by molar-refractivity contribution is 0.0997. The zero-order chi connectivity index (χ0) is 20.5. The van der Waals surface area contributed by atoms with Crippen LogP contribution in [0.15, 0.2) is 59.5 Å². The van der Waals surface area contributed by atoms with Gasteiger partial charge >= 0.3 is 0 Å². The molecule has 4 heterocycles. The van der Waals surface area contributed by atoms with Gasteiger partial charge in [0.2, 0.25) is 0 Å². The number of rotatable bonds is 5. The molecular weight excluding hydrogens is 384 g/mol. The fourth-order valence-corrected chi connectivity index (χ4v) is 3.72. The van der Waals surface area contributed by atoms with E-state index in [4.69, 9.17) is 4.42 Å². The average molecular weight is 404 g/mol. The van der Waals surface area contributed by atoms with Crippen LogP contribution in [0.4, 0.5) is 5.69 Å². The van der Waals surface area contributed by atoms with Crippen molar-refractivity contribution >= 4 is 11.6 Å². The minimum Gasteiger partial charge on any atom is -0.451 e. The number of carbonyl (C=O) groups is 1. The molecule has 0 bridgehead atoms. The summed E-state index contributed by atoms with van der Waals surface area (Å²) in [6.07, 6.45) is 8.70. The minimum absolute atomic E-state index is 0.0874. The van der Waals surface area contributed by atoms with Gasteiger partial charge in [-0.2, -0.15) is 10.2 Å². The van der Waals surface area contributed by atoms with Crippen molar-refractivity contribution in [2.75, 3.05) is 5.32 Å². The number of H-pyrrole nitrogens is 1. The van der Waals surface area contributed by atoms with Crippen molar-refractivity contribution < 1.29 is 14.3 Å². The number of aliphatic hydroxyl groups excluding tert-OH is 1. The van der Waals surface area contributed by atoms with E-state index in [9.17, 15) is 9.90 Å². The number of amides is 1. The van der Waals surface area contributed by atoms with Crippen LogP contribution in [0, 0.1) is 0 Å². The van der Waals surface area contributed by atoms with E-state index in [1.54, 1.807) is 36.9 Å². The fraction of sp³-hybridized carbons (Fsp3) is 0.238. The number of hydrogen-bond donors (Lipinski definition) is 3. The van der Waals surface area contributed by atoms with E-state index < -0.39 is 0 Å². The quantitative estimate of drug-likeness (QED) is 0.469. The lowest BCUT2D eigenvalue weighted by Gasteiger charge is -2.09. The van der Waals surface area contributed by atoms with Gasteiger partial charge in [-0.25, -0.2) is 0 Å². The molecule has 0 radical (unpaired) electrons. The van der Waals surface area contributed by atoms with Gasteiger partial charge in [-0.1, -0.05) is 6.07 Å². The monoisotopic (exact) mass is 404 g/mol. The SMILES string of the molecule is O=C(Nc1cn(C2CC[C@@H](O)C2)nc1-c1ccccn1)c1ccc(-c2cn[nH]c2)o1. The second kappa shape index (κ2) is 7.60. The number of pyridine rings is 1. The van der Waals surface area contributed by atoms with Gasteiger partial charge in [-0.3, -0.25) is 19.6 Å². The molecule has 30 heavy (non-hydrogen) atoms. The van der Waals surface area contributed by atoms with Crippen LogP contribution in [0.5, 0.6) is 0 Å². The summed E-state index contributed by atoms with van der Waals surface area (Å²) < 4.78 is 7.49. The summed E-state index contributed by atoms with van der Waals surface area (Å²) in [5.74, 6) is 0.352. The molecule has 1 amide bonds. The number of aromatic nitrogens is 5. The molecule has 3 N–H and O–H groups in total. The van der Waals surface area contributed by atoms with E-state index in [0.29, 0.717) is 29.3 Å². The highest BCUT2D eigenvalue weighted by Gasteiger charge is 2.27. The number of hydrogen-bond acceptors (Lipinski definition) is 6. The van der Waals surface area contributed by atoms with Gasteiger partial charge in [-0.05, 0) is 43.5 Å². The summed E-state index contributed by atoms with van der Waals surface area (Å²) in [6.45, 7) is 0. The molecule has 1 aliphatic rings. The fourth-order valence-electron chi connectivity index (χ4n) is 3.72. The molecule has 9 heteroatoms. The molecule has 2 atom stereocenters. The van der Waals surface area contributed by atoms with Gasteiger partial charge in [0, 0.05) is 18.6 Å². The Kier molecular flexibility index (Phi) is 4.64. The Hall–Kier alpha value is -3.72. The number of anilines is 1. The van der Waals surface area contributed by atoms with E-state index in [1.807, 2.05) is 22.9 Å². The predicted molar refractivity (Wildman–Crippen MR) is 109 cm³/mol. The van der Waals surface area contributed by atoms with Crippen LogP contribution in [0.1, 0.15) is 35.9 Å². The highest BCUT2D eigenvalue weighted by Crippen LogP contribution is 2.33. The Morgan fingerprint density at radius 3 is 2.93 bits per heavy atom. The maximum atomic E-state index is 12.8. The highest BCUT2D eigenvalue weighted by molar-refractivity contribution is 6.04. The lowest BCUT2D eigenvalue weighted by atomic mass is 10.2. The van der Waals surface area contributed by atoms with Crippen molar-refractivity contribution in [1.82, 2.24) is 25.0 Å². The van der Waals surface area contributed by atoms with Gasteiger partial charge in [0.1, 0.15) is 11.5 Å². The largest absolute Gasteiger partial charge is 0.451 e. The smallest absolute Gasteiger partial charge is 0.291 e. The van der Waals surface area contributed by atoms with Crippen LogP contribution >= 0.6 is 0 Å². The molecule has 9 nitrogen and oxygen atoms in total. The summed E-state index contributed by atoms with van der Waals surface area (Å²) in [4.78, 5) is 17.2. The number of carbonyl (C=O) groups excluding carboxylic acids is 1. The first-order valence-electron chi connectivity index (χ1n) is 9.76. The summed E-state index contributed by atoms with van der Waals surface area (Å²) in [7, 11) is 0. The van der Waals surface area contributed by atoms with Crippen molar-refractivity contribution in [3.63, 3.8) is 0 Å². The lowest BCUT2D eigenvalue weighted by Crippen LogP contribution is -2.11. The molecule has 1 aliphatic carbocycles. The molecule has 0 aromatic carbocycles. The van der Waals surface area contributed by atoms with Gasteiger partial charge in [-0.15, -0.1) is 0 Å². The average Bonchev–Trinajstić information content (AvgIpc) is 3.54. The number of aliphatic hydroxyl groups is 1. The van der Waals surface area contributed by atoms with E-state index in [1.165, 1.54) is 0 Å². The molecule has 152 valence electrons. The Morgan fingerprint density at radius 2 is 2.20 bits per heavy atom. The Morgan fingerprint density at radius 1 is 1.27 bits per heavy atom. The topological polar surface area (TPSA) is 122 Å². The van der Waals surface area contributed by atoms with E-state index in [2.05, 4.69) is 25.6 Å². The van der Waals surface area contributed by atoms with E-state index in [-0.39, 0.29) is 23.8 Å². The van der Waals surface area contributed by atoms with Gasteiger partial charge < -0.3 is 14.8 Å². The molecule has 0 saturated heterocycles. The van der Waals surface area contributed by atoms with Crippen LogP contribution in [-0.4, -0.2) is 42.1 Å². The molecular formula is C21H20N6O3. The highest BCUT2D eigenvalue weighted by atomic mass is 16.4. The first kappa shape index (κ1) is 18.3. The van der Waals surface area contributed by atoms with Crippen molar-refractivity contribution in [3.05, 3.63) is 60.9 Å². The summed E-state index contributed by atoms with van der Waals surface area (Å²) in [5, 5.41) is 24.1. The maximum Gasteiger partial charge on any atom is 0.291 e. The second-order valence-electron chi connectivity index (χ2n) is 7.31.